The van der Waals surface area contributed by atoms with Crippen LogP contribution in [0.2, 0.25) is 10.0 Å². The number of hydrogen-bond acceptors (Lipinski definition) is 1. The molecule has 0 radical (unpaired) electrons. The highest BCUT2D eigenvalue weighted by atomic mass is 35.5. The van der Waals surface area contributed by atoms with Crippen LogP contribution >= 0.6 is 34.8 Å². The maximum atomic E-state index is 10.6. The predicted octanol–water partition coefficient (Wildman–Crippen LogP) is 3.66. The van der Waals surface area contributed by atoms with Gasteiger partial charge in [-0.1, -0.05) is 29.3 Å². The van der Waals surface area contributed by atoms with E-state index in [9.17, 15) is 4.79 Å². The summed E-state index contributed by atoms with van der Waals surface area (Å²) in [4.78, 5) is 9.92. The fourth-order valence-electron chi connectivity index (χ4n) is 1.51. The molecule has 1 saturated carbocycles. The van der Waals surface area contributed by atoms with Gasteiger partial charge in [0, 0.05) is 5.92 Å². The van der Waals surface area contributed by atoms with E-state index in [4.69, 9.17) is 34.8 Å². The van der Waals surface area contributed by atoms with Crippen molar-refractivity contribution in [2.24, 2.45) is 0 Å². The van der Waals surface area contributed by atoms with Gasteiger partial charge in [-0.3, -0.25) is 0 Å². The van der Waals surface area contributed by atoms with Gasteiger partial charge in [-0.25, -0.2) is 0 Å². The molecule has 0 N–H and O–H groups in total. The molecule has 74 valence electrons. The molecule has 0 saturated heterocycles. The van der Waals surface area contributed by atoms with Crippen LogP contribution in [0.4, 0.5) is 0 Å². The van der Waals surface area contributed by atoms with Crippen LogP contribution in [-0.4, -0.2) is 11.2 Å². The van der Waals surface area contributed by atoms with E-state index in [0.29, 0.717) is 16.5 Å². The van der Waals surface area contributed by atoms with Crippen molar-refractivity contribution in [1.82, 2.24) is 0 Å². The predicted molar refractivity (Wildman–Crippen MR) is 58.5 cm³/mol. The number of carbonyl (C=O) groups excluding carboxylic acids is 1. The lowest BCUT2D eigenvalue weighted by Gasteiger charge is -2.02. The number of benzene rings is 1. The van der Waals surface area contributed by atoms with Crippen molar-refractivity contribution in [2.45, 2.75) is 17.2 Å². The summed E-state index contributed by atoms with van der Waals surface area (Å²) in [6.45, 7) is 0. The average Bonchev–Trinajstić information content (AvgIpc) is 2.84. The fourth-order valence-corrected chi connectivity index (χ4v) is 2.10. The minimum absolute atomic E-state index is 0.0800. The third-order valence-corrected chi connectivity index (χ3v) is 3.72. The molecule has 1 unspecified atom stereocenters. The van der Waals surface area contributed by atoms with Gasteiger partial charge in [0.2, 0.25) is 0 Å². The van der Waals surface area contributed by atoms with Crippen molar-refractivity contribution >= 4 is 41.1 Å². The molecule has 1 aliphatic carbocycles. The lowest BCUT2D eigenvalue weighted by atomic mass is 10.1. The molecule has 4 heteroatoms. The second-order valence-corrected chi connectivity index (χ2v) is 4.99. The molecule has 2 atom stereocenters. The monoisotopic (exact) mass is 248 g/mol. The maximum absolute atomic E-state index is 10.6. The van der Waals surface area contributed by atoms with Gasteiger partial charge in [0.05, 0.1) is 10.0 Å². The SMILES string of the molecule is O=C[C@@]1(Cl)CC1c1ccc(Cl)c(Cl)c1. The molecule has 0 heterocycles. The van der Waals surface area contributed by atoms with Crippen LogP contribution in [0.1, 0.15) is 17.9 Å². The fraction of sp³-hybridized carbons (Fsp3) is 0.300. The Labute approximate surface area is 97.0 Å². The molecule has 2 rings (SSSR count). The van der Waals surface area contributed by atoms with Crippen LogP contribution < -0.4 is 0 Å². The summed E-state index contributed by atoms with van der Waals surface area (Å²) in [7, 11) is 0. The third-order valence-electron chi connectivity index (χ3n) is 2.48. The molecule has 0 aliphatic heterocycles. The van der Waals surface area contributed by atoms with Crippen LogP contribution in [0.5, 0.6) is 0 Å². The highest BCUT2D eigenvalue weighted by Gasteiger charge is 2.53. The number of halogens is 3. The Balaban J connectivity index is 2.28. The number of alkyl halides is 1. The molecule has 1 fully saturated rings. The Hall–Kier alpha value is -0.240. The molecule has 0 spiro atoms. The molecule has 1 aromatic carbocycles. The topological polar surface area (TPSA) is 17.1 Å². The van der Waals surface area contributed by atoms with Gasteiger partial charge >= 0.3 is 0 Å². The third kappa shape index (κ3) is 1.65. The van der Waals surface area contributed by atoms with Crippen LogP contribution in [0.25, 0.3) is 0 Å². The molecule has 0 amide bonds. The summed E-state index contributed by atoms with van der Waals surface area (Å²) in [5.41, 5.74) is 0.974. The van der Waals surface area contributed by atoms with Crippen molar-refractivity contribution in [3.63, 3.8) is 0 Å². The van der Waals surface area contributed by atoms with Crippen molar-refractivity contribution in [1.29, 1.82) is 0 Å². The molecule has 0 bridgehead atoms. The number of aldehydes is 1. The van der Waals surface area contributed by atoms with Crippen molar-refractivity contribution < 1.29 is 4.79 Å². The zero-order valence-electron chi connectivity index (χ0n) is 7.14. The van der Waals surface area contributed by atoms with Crippen LogP contribution in [-0.2, 0) is 4.79 Å². The van der Waals surface area contributed by atoms with E-state index < -0.39 is 4.87 Å². The number of hydrogen-bond donors (Lipinski definition) is 0. The first-order valence-electron chi connectivity index (χ1n) is 4.17. The molecule has 1 aromatic rings. The smallest absolute Gasteiger partial charge is 0.141 e. The second-order valence-electron chi connectivity index (χ2n) is 3.47. The van der Waals surface area contributed by atoms with Gasteiger partial charge in [-0.05, 0) is 24.1 Å². The molecule has 0 aromatic heterocycles. The summed E-state index contributed by atoms with van der Waals surface area (Å²) >= 11 is 17.6. The van der Waals surface area contributed by atoms with E-state index in [1.54, 1.807) is 12.1 Å². The van der Waals surface area contributed by atoms with E-state index >= 15 is 0 Å². The Morgan fingerprint density at radius 2 is 2.07 bits per heavy atom. The quantitative estimate of drug-likeness (QED) is 0.577. The van der Waals surface area contributed by atoms with Crippen molar-refractivity contribution in [3.8, 4) is 0 Å². The maximum Gasteiger partial charge on any atom is 0.141 e. The van der Waals surface area contributed by atoms with Gasteiger partial charge < -0.3 is 4.79 Å². The van der Waals surface area contributed by atoms with Gasteiger partial charge in [0.15, 0.2) is 0 Å². The van der Waals surface area contributed by atoms with E-state index in [0.717, 1.165) is 11.8 Å². The molecule has 1 aliphatic rings. The zero-order valence-corrected chi connectivity index (χ0v) is 9.40. The Morgan fingerprint density at radius 3 is 2.57 bits per heavy atom. The van der Waals surface area contributed by atoms with Crippen molar-refractivity contribution in [2.75, 3.05) is 0 Å². The van der Waals surface area contributed by atoms with Gasteiger partial charge in [0.25, 0.3) is 0 Å². The van der Waals surface area contributed by atoms with Gasteiger partial charge in [-0.15, -0.1) is 11.6 Å². The molecule has 14 heavy (non-hydrogen) atoms. The first-order chi connectivity index (χ1) is 6.57. The van der Waals surface area contributed by atoms with Gasteiger partial charge in [-0.2, -0.15) is 0 Å². The summed E-state index contributed by atoms with van der Waals surface area (Å²) in [6, 6.07) is 5.34. The Morgan fingerprint density at radius 1 is 1.36 bits per heavy atom. The normalized spacial score (nSPS) is 30.1. The summed E-state index contributed by atoms with van der Waals surface area (Å²) in [6.07, 6.45) is 1.47. The summed E-state index contributed by atoms with van der Waals surface area (Å²) in [5, 5.41) is 1.02. The van der Waals surface area contributed by atoms with E-state index in [-0.39, 0.29) is 5.92 Å². The highest BCUT2D eigenvalue weighted by Crippen LogP contribution is 2.55. The minimum Gasteiger partial charge on any atom is -0.301 e. The molecular weight excluding hydrogens is 242 g/mol. The zero-order chi connectivity index (χ0) is 10.3. The van der Waals surface area contributed by atoms with E-state index in [1.165, 1.54) is 0 Å². The molecule has 1 nitrogen and oxygen atoms in total. The van der Waals surface area contributed by atoms with E-state index in [1.807, 2.05) is 6.07 Å². The summed E-state index contributed by atoms with van der Waals surface area (Å²) in [5.74, 6) is 0.0800. The molecular formula is C10H7Cl3O. The van der Waals surface area contributed by atoms with Crippen LogP contribution in [0, 0.1) is 0 Å². The van der Waals surface area contributed by atoms with Gasteiger partial charge in [0.1, 0.15) is 11.2 Å². The Kier molecular flexibility index (Phi) is 2.50. The van der Waals surface area contributed by atoms with Crippen LogP contribution in [0.3, 0.4) is 0 Å². The average molecular weight is 250 g/mol. The lowest BCUT2D eigenvalue weighted by Crippen LogP contribution is -2.02. The first kappa shape index (κ1) is 10.3. The second kappa shape index (κ2) is 3.41. The first-order valence-corrected chi connectivity index (χ1v) is 5.30. The van der Waals surface area contributed by atoms with Crippen molar-refractivity contribution in [3.05, 3.63) is 33.8 Å². The largest absolute Gasteiger partial charge is 0.301 e. The van der Waals surface area contributed by atoms with E-state index in [2.05, 4.69) is 0 Å². The minimum atomic E-state index is -0.711. The standard InChI is InChI=1S/C10H7Cl3O/c11-8-2-1-6(3-9(8)12)7-4-10(7,13)5-14/h1-3,5,7H,4H2/t7?,10-/m0/s1. The Bertz CT molecular complexity index is 391. The number of carbonyl (C=O) groups is 1. The summed E-state index contributed by atoms with van der Waals surface area (Å²) < 4.78 is 0. The lowest BCUT2D eigenvalue weighted by molar-refractivity contribution is -0.108. The highest BCUT2D eigenvalue weighted by molar-refractivity contribution is 6.42. The van der Waals surface area contributed by atoms with Crippen LogP contribution in [0.15, 0.2) is 18.2 Å². The number of rotatable bonds is 2.